The second-order valence-corrected chi connectivity index (χ2v) is 18.0. The Morgan fingerprint density at radius 2 is 0.609 bits per heavy atom. The molecule has 13 rings (SSSR count). The minimum atomic E-state index is -0.626. The molecule has 11 aromatic carbocycles. The second-order valence-electron chi connectivity index (χ2n) is 18.0. The van der Waals surface area contributed by atoms with Gasteiger partial charge in [0.1, 0.15) is 0 Å². The van der Waals surface area contributed by atoms with Gasteiger partial charge in [0.05, 0.1) is 16.8 Å². The Morgan fingerprint density at radius 1 is 0.203 bits per heavy atom. The first-order chi connectivity index (χ1) is 34.3. The van der Waals surface area contributed by atoms with Gasteiger partial charge in [-0.05, 0) is 140 Å². The summed E-state index contributed by atoms with van der Waals surface area (Å²) < 4.78 is 0. The van der Waals surface area contributed by atoms with E-state index in [1.807, 2.05) is 0 Å². The lowest BCUT2D eigenvalue weighted by Gasteiger charge is -2.34. The molecule has 2 aliphatic carbocycles. The van der Waals surface area contributed by atoms with Crippen LogP contribution in [0.25, 0.3) is 55.6 Å². The number of rotatable bonds is 9. The summed E-state index contributed by atoms with van der Waals surface area (Å²) >= 11 is 0. The number of para-hydroxylation sites is 3. The van der Waals surface area contributed by atoms with Gasteiger partial charge < -0.3 is 9.80 Å². The number of nitrogens with zero attached hydrogens (tertiary/aromatic N) is 2. The Balaban J connectivity index is 1.10. The maximum Gasteiger partial charge on any atom is 0.0727 e. The SMILES string of the molecule is c1ccc(-c2ccc(N(c3ccccc3)c3ccc4c(c3)C3(c5ccccc5-4)c4ccccc4-c4cc(-c5ccccc5)c(N(c5ccccc5)c5ccccc5)cc43)c(-c3ccccc3)c2)cc1. The van der Waals surface area contributed by atoms with Gasteiger partial charge >= 0.3 is 0 Å². The first-order valence-electron chi connectivity index (χ1n) is 23.8. The van der Waals surface area contributed by atoms with E-state index in [0.29, 0.717) is 0 Å². The molecule has 324 valence electrons. The normalized spacial score (nSPS) is 13.9. The molecule has 1 spiro atoms. The Hall–Kier alpha value is -8.98. The monoisotopic (exact) mass is 878 g/mol. The van der Waals surface area contributed by atoms with E-state index in [0.717, 1.165) is 45.3 Å². The maximum atomic E-state index is 2.53. The van der Waals surface area contributed by atoms with Crippen molar-refractivity contribution in [3.8, 4) is 55.6 Å². The van der Waals surface area contributed by atoms with Crippen molar-refractivity contribution in [3.05, 3.63) is 301 Å². The van der Waals surface area contributed by atoms with Crippen molar-refractivity contribution in [2.45, 2.75) is 5.41 Å². The Kier molecular flexibility index (Phi) is 9.77. The highest BCUT2D eigenvalue weighted by Gasteiger charge is 2.52. The third kappa shape index (κ3) is 6.56. The second kappa shape index (κ2) is 16.7. The van der Waals surface area contributed by atoms with Gasteiger partial charge in [0.2, 0.25) is 0 Å². The van der Waals surface area contributed by atoms with Crippen molar-refractivity contribution in [3.63, 3.8) is 0 Å². The van der Waals surface area contributed by atoms with E-state index >= 15 is 0 Å². The fourth-order valence-electron chi connectivity index (χ4n) is 11.3. The summed E-state index contributed by atoms with van der Waals surface area (Å²) in [7, 11) is 0. The highest BCUT2D eigenvalue weighted by Crippen LogP contribution is 2.65. The molecule has 1 unspecified atom stereocenters. The molecule has 11 aromatic rings. The molecule has 0 fully saturated rings. The molecule has 2 aliphatic rings. The average Bonchev–Trinajstić information content (AvgIpc) is 3.89. The van der Waals surface area contributed by atoms with Crippen LogP contribution in [0.15, 0.2) is 279 Å². The molecule has 2 heteroatoms. The Labute approximate surface area is 404 Å². The van der Waals surface area contributed by atoms with Crippen LogP contribution in [-0.4, -0.2) is 0 Å². The predicted molar refractivity (Wildman–Crippen MR) is 288 cm³/mol. The van der Waals surface area contributed by atoms with E-state index in [-0.39, 0.29) is 0 Å². The van der Waals surface area contributed by atoms with Gasteiger partial charge in [-0.25, -0.2) is 0 Å². The lowest BCUT2D eigenvalue weighted by atomic mass is 9.70. The number of benzene rings is 11. The lowest BCUT2D eigenvalue weighted by molar-refractivity contribution is 0.793. The molecule has 0 N–H and O–H groups in total. The summed E-state index contributed by atoms with van der Waals surface area (Å²) in [5.41, 5.74) is 23.3. The van der Waals surface area contributed by atoms with E-state index in [2.05, 4.69) is 289 Å². The molecular formula is C67H46N2. The van der Waals surface area contributed by atoms with Gasteiger partial charge in [-0.3, -0.25) is 0 Å². The smallest absolute Gasteiger partial charge is 0.0727 e. The third-order valence-electron chi connectivity index (χ3n) is 14.2. The summed E-state index contributed by atoms with van der Waals surface area (Å²) in [6.45, 7) is 0. The fraction of sp³-hybridized carbons (Fsp3) is 0.0149. The molecule has 0 saturated carbocycles. The van der Waals surface area contributed by atoms with E-state index in [9.17, 15) is 0 Å². The average molecular weight is 879 g/mol. The van der Waals surface area contributed by atoms with Crippen LogP contribution in [0, 0.1) is 0 Å². The zero-order valence-electron chi connectivity index (χ0n) is 38.0. The third-order valence-corrected chi connectivity index (χ3v) is 14.2. The molecule has 0 heterocycles. The predicted octanol–water partition coefficient (Wildman–Crippen LogP) is 18.0. The van der Waals surface area contributed by atoms with E-state index < -0.39 is 5.41 Å². The van der Waals surface area contributed by atoms with Crippen LogP contribution >= 0.6 is 0 Å². The quantitative estimate of drug-likeness (QED) is 0.143. The first kappa shape index (κ1) is 40.3. The summed E-state index contributed by atoms with van der Waals surface area (Å²) in [6.07, 6.45) is 0. The van der Waals surface area contributed by atoms with Crippen LogP contribution in [0.1, 0.15) is 22.3 Å². The van der Waals surface area contributed by atoms with Crippen molar-refractivity contribution in [2.75, 3.05) is 9.80 Å². The van der Waals surface area contributed by atoms with Crippen LogP contribution in [-0.2, 0) is 5.41 Å². The van der Waals surface area contributed by atoms with Gasteiger partial charge in [0.25, 0.3) is 0 Å². The molecule has 0 bridgehead atoms. The minimum absolute atomic E-state index is 0.626. The maximum absolute atomic E-state index is 2.53. The lowest BCUT2D eigenvalue weighted by Crippen LogP contribution is -2.26. The van der Waals surface area contributed by atoms with Crippen molar-refractivity contribution in [2.24, 2.45) is 0 Å². The number of hydrogen-bond acceptors (Lipinski definition) is 2. The molecule has 0 amide bonds. The highest BCUT2D eigenvalue weighted by atomic mass is 15.2. The molecule has 69 heavy (non-hydrogen) atoms. The summed E-state index contributed by atoms with van der Waals surface area (Å²) in [4.78, 5) is 4.91. The van der Waals surface area contributed by atoms with Gasteiger partial charge in [0, 0.05) is 33.9 Å². The van der Waals surface area contributed by atoms with E-state index in [1.54, 1.807) is 0 Å². The molecule has 0 saturated heterocycles. The zero-order chi connectivity index (χ0) is 45.7. The largest absolute Gasteiger partial charge is 0.310 e. The standard InChI is InChI=1S/C67H46N2/c1-7-23-47(24-8-1)50-39-42-65(58(43-50)48-25-9-2-10-26-48)69(53-33-17-6-18-34-53)54-40-41-57-55-35-19-21-37-61(55)67(63(57)44-54)62-38-22-20-36-56(62)60-45-59(49-27-11-3-12-28-49)66(46-64(60)67)68(51-29-13-4-14-30-51)52-31-15-5-16-32-52/h1-46H. The van der Waals surface area contributed by atoms with Crippen molar-refractivity contribution < 1.29 is 0 Å². The topological polar surface area (TPSA) is 6.48 Å². The van der Waals surface area contributed by atoms with Crippen LogP contribution < -0.4 is 9.80 Å². The Morgan fingerprint density at radius 3 is 1.14 bits per heavy atom. The van der Waals surface area contributed by atoms with Crippen LogP contribution in [0.5, 0.6) is 0 Å². The molecule has 2 nitrogen and oxygen atoms in total. The van der Waals surface area contributed by atoms with Gasteiger partial charge in [-0.2, -0.15) is 0 Å². The van der Waals surface area contributed by atoms with Crippen LogP contribution in [0.3, 0.4) is 0 Å². The van der Waals surface area contributed by atoms with Crippen molar-refractivity contribution >= 4 is 34.1 Å². The summed E-state index contributed by atoms with van der Waals surface area (Å²) in [5.74, 6) is 0. The van der Waals surface area contributed by atoms with E-state index in [4.69, 9.17) is 0 Å². The van der Waals surface area contributed by atoms with Crippen molar-refractivity contribution in [1.82, 2.24) is 0 Å². The fourth-order valence-corrected chi connectivity index (χ4v) is 11.3. The number of fused-ring (bicyclic) bond motifs is 10. The number of anilines is 6. The van der Waals surface area contributed by atoms with Gasteiger partial charge in [0.15, 0.2) is 0 Å². The molecule has 0 radical (unpaired) electrons. The molecule has 0 aromatic heterocycles. The Bertz CT molecular complexity index is 3610. The minimum Gasteiger partial charge on any atom is -0.310 e. The molecular weight excluding hydrogens is 833 g/mol. The molecule has 1 atom stereocenters. The van der Waals surface area contributed by atoms with E-state index in [1.165, 1.54) is 66.8 Å². The first-order valence-corrected chi connectivity index (χ1v) is 23.8. The van der Waals surface area contributed by atoms with Crippen molar-refractivity contribution in [1.29, 1.82) is 0 Å². The number of hydrogen-bond donors (Lipinski definition) is 0. The van der Waals surface area contributed by atoms with Gasteiger partial charge in [-0.15, -0.1) is 0 Å². The summed E-state index contributed by atoms with van der Waals surface area (Å²) in [6, 6.07) is 102. The van der Waals surface area contributed by atoms with Gasteiger partial charge in [-0.1, -0.05) is 206 Å². The van der Waals surface area contributed by atoms with Crippen LogP contribution in [0.4, 0.5) is 34.1 Å². The highest BCUT2D eigenvalue weighted by molar-refractivity contribution is 6.01. The van der Waals surface area contributed by atoms with Crippen LogP contribution in [0.2, 0.25) is 0 Å². The zero-order valence-corrected chi connectivity index (χ0v) is 38.0. The molecule has 0 aliphatic heterocycles. The summed E-state index contributed by atoms with van der Waals surface area (Å²) in [5, 5.41) is 0.